The van der Waals surface area contributed by atoms with Crippen molar-refractivity contribution in [2.45, 2.75) is 40.0 Å². The number of aryl methyl sites for hydroxylation is 3. The summed E-state index contributed by atoms with van der Waals surface area (Å²) in [6.07, 6.45) is 0. The number of benzene rings is 1. The highest BCUT2D eigenvalue weighted by Crippen LogP contribution is 2.29. The van der Waals surface area contributed by atoms with Gasteiger partial charge in [0.1, 0.15) is 0 Å². The van der Waals surface area contributed by atoms with Gasteiger partial charge in [-0.3, -0.25) is 0 Å². The largest absolute Gasteiger partial charge is 0.318 e. The summed E-state index contributed by atoms with van der Waals surface area (Å²) in [4.78, 5) is 0. The minimum absolute atomic E-state index is 0.176. The molecule has 0 aromatic heterocycles. The molecule has 0 saturated carbocycles. The molecule has 0 aliphatic carbocycles. The summed E-state index contributed by atoms with van der Waals surface area (Å²) in [7, 11) is 1.99. The second-order valence-electron chi connectivity index (χ2n) is 5.94. The predicted octanol–water partition coefficient (Wildman–Crippen LogP) is 2.70. The second-order valence-corrected chi connectivity index (χ2v) is 5.94. The van der Waals surface area contributed by atoms with Crippen molar-refractivity contribution in [2.75, 3.05) is 26.7 Å². The SMILES string of the molecule is CNCCNCC(C)(C)c1c(C)cc(C)cc1C. The number of likely N-dealkylation sites (N-methyl/N-ethyl adjacent to an activating group) is 1. The molecule has 0 saturated heterocycles. The molecule has 1 aromatic rings. The van der Waals surface area contributed by atoms with Crippen LogP contribution in [0, 0.1) is 20.8 Å². The van der Waals surface area contributed by atoms with E-state index in [1.165, 1.54) is 22.3 Å². The van der Waals surface area contributed by atoms with Gasteiger partial charge in [-0.15, -0.1) is 0 Å². The van der Waals surface area contributed by atoms with Crippen LogP contribution in [0.25, 0.3) is 0 Å². The van der Waals surface area contributed by atoms with Gasteiger partial charge >= 0.3 is 0 Å². The zero-order valence-electron chi connectivity index (χ0n) is 12.8. The average molecular weight is 248 g/mol. The van der Waals surface area contributed by atoms with Crippen molar-refractivity contribution in [1.82, 2.24) is 10.6 Å². The first-order chi connectivity index (χ1) is 8.38. The lowest BCUT2D eigenvalue weighted by atomic mass is 9.79. The normalized spacial score (nSPS) is 11.9. The highest BCUT2D eigenvalue weighted by atomic mass is 14.9. The molecule has 0 unspecified atom stereocenters. The number of hydrogen-bond donors (Lipinski definition) is 2. The lowest BCUT2D eigenvalue weighted by Crippen LogP contribution is -2.37. The quantitative estimate of drug-likeness (QED) is 0.756. The van der Waals surface area contributed by atoms with Crippen molar-refractivity contribution in [1.29, 1.82) is 0 Å². The van der Waals surface area contributed by atoms with Crippen LogP contribution >= 0.6 is 0 Å². The molecule has 0 aliphatic heterocycles. The highest BCUT2D eigenvalue weighted by Gasteiger charge is 2.24. The third kappa shape index (κ3) is 3.82. The average Bonchev–Trinajstić information content (AvgIpc) is 2.22. The highest BCUT2D eigenvalue weighted by molar-refractivity contribution is 5.42. The molecule has 2 nitrogen and oxygen atoms in total. The molecule has 0 spiro atoms. The summed E-state index contributed by atoms with van der Waals surface area (Å²) < 4.78 is 0. The van der Waals surface area contributed by atoms with Crippen molar-refractivity contribution >= 4 is 0 Å². The molecule has 0 amide bonds. The number of rotatable bonds is 6. The van der Waals surface area contributed by atoms with E-state index in [-0.39, 0.29) is 5.41 Å². The molecule has 0 atom stereocenters. The third-order valence-electron chi connectivity index (χ3n) is 3.47. The number of hydrogen-bond acceptors (Lipinski definition) is 2. The molecular weight excluding hydrogens is 220 g/mol. The zero-order valence-corrected chi connectivity index (χ0v) is 12.8. The maximum atomic E-state index is 3.53. The molecule has 2 N–H and O–H groups in total. The van der Waals surface area contributed by atoms with E-state index in [0.717, 1.165) is 19.6 Å². The predicted molar refractivity (Wildman–Crippen MR) is 80.5 cm³/mol. The minimum Gasteiger partial charge on any atom is -0.318 e. The first kappa shape index (κ1) is 15.2. The first-order valence-electron chi connectivity index (χ1n) is 6.82. The van der Waals surface area contributed by atoms with Crippen molar-refractivity contribution in [3.05, 3.63) is 34.4 Å². The zero-order chi connectivity index (χ0) is 13.8. The smallest absolute Gasteiger partial charge is 0.00769 e. The van der Waals surface area contributed by atoms with Gasteiger partial charge in [0.15, 0.2) is 0 Å². The lowest BCUT2D eigenvalue weighted by Gasteiger charge is -2.30. The van der Waals surface area contributed by atoms with Crippen molar-refractivity contribution in [3.63, 3.8) is 0 Å². The van der Waals surface area contributed by atoms with Gasteiger partial charge in [-0.2, -0.15) is 0 Å². The summed E-state index contributed by atoms with van der Waals surface area (Å²) in [5.74, 6) is 0. The van der Waals surface area contributed by atoms with Crippen LogP contribution in [0.4, 0.5) is 0 Å². The Morgan fingerprint density at radius 2 is 1.56 bits per heavy atom. The van der Waals surface area contributed by atoms with E-state index in [2.05, 4.69) is 57.4 Å². The van der Waals surface area contributed by atoms with Crippen LogP contribution in [0.3, 0.4) is 0 Å². The van der Waals surface area contributed by atoms with Gasteiger partial charge in [0, 0.05) is 25.0 Å². The van der Waals surface area contributed by atoms with E-state index >= 15 is 0 Å². The Labute approximate surface area is 112 Å². The van der Waals surface area contributed by atoms with Crippen molar-refractivity contribution < 1.29 is 0 Å². The van der Waals surface area contributed by atoms with Crippen molar-refractivity contribution in [2.24, 2.45) is 0 Å². The summed E-state index contributed by atoms with van der Waals surface area (Å²) in [5.41, 5.74) is 5.84. The Kier molecular flexibility index (Phi) is 5.36. The van der Waals surface area contributed by atoms with E-state index in [1.807, 2.05) is 7.05 Å². The molecule has 102 valence electrons. The monoisotopic (exact) mass is 248 g/mol. The van der Waals surface area contributed by atoms with Gasteiger partial charge in [0.05, 0.1) is 0 Å². The van der Waals surface area contributed by atoms with E-state index in [4.69, 9.17) is 0 Å². The minimum atomic E-state index is 0.176. The third-order valence-corrected chi connectivity index (χ3v) is 3.47. The Morgan fingerprint density at radius 1 is 1.00 bits per heavy atom. The van der Waals surface area contributed by atoms with Crippen LogP contribution in [0.1, 0.15) is 36.1 Å². The summed E-state index contributed by atoms with van der Waals surface area (Å²) in [6, 6.07) is 4.58. The molecule has 0 bridgehead atoms. The lowest BCUT2D eigenvalue weighted by molar-refractivity contribution is 0.464. The van der Waals surface area contributed by atoms with Gasteiger partial charge in [-0.1, -0.05) is 31.5 Å². The Balaban J connectivity index is 2.84. The van der Waals surface area contributed by atoms with E-state index in [0.29, 0.717) is 0 Å². The Morgan fingerprint density at radius 3 is 2.06 bits per heavy atom. The van der Waals surface area contributed by atoms with Crippen molar-refractivity contribution in [3.8, 4) is 0 Å². The maximum Gasteiger partial charge on any atom is 0.00769 e. The maximum absolute atomic E-state index is 3.53. The molecular formula is C16H28N2. The van der Waals surface area contributed by atoms with E-state index < -0.39 is 0 Å². The fourth-order valence-corrected chi connectivity index (χ4v) is 2.95. The molecule has 0 fully saturated rings. The molecule has 1 aromatic carbocycles. The Hall–Kier alpha value is -0.860. The summed E-state index contributed by atoms with van der Waals surface area (Å²) in [6.45, 7) is 14.3. The molecule has 18 heavy (non-hydrogen) atoms. The van der Waals surface area contributed by atoms with Gasteiger partial charge < -0.3 is 10.6 Å². The van der Waals surface area contributed by atoms with Crippen LogP contribution < -0.4 is 10.6 Å². The van der Waals surface area contributed by atoms with E-state index in [1.54, 1.807) is 0 Å². The topological polar surface area (TPSA) is 24.1 Å². The van der Waals surface area contributed by atoms with Gasteiger partial charge in [-0.25, -0.2) is 0 Å². The van der Waals surface area contributed by atoms with Gasteiger partial charge in [0.25, 0.3) is 0 Å². The Bertz CT molecular complexity index is 371. The summed E-state index contributed by atoms with van der Waals surface area (Å²) >= 11 is 0. The van der Waals surface area contributed by atoms with Crippen LogP contribution in [0.2, 0.25) is 0 Å². The molecule has 0 heterocycles. The second kappa shape index (κ2) is 6.35. The molecule has 0 radical (unpaired) electrons. The van der Waals surface area contributed by atoms with Gasteiger partial charge in [-0.05, 0) is 44.5 Å². The fraction of sp³-hybridized carbons (Fsp3) is 0.625. The fourth-order valence-electron chi connectivity index (χ4n) is 2.95. The standard InChI is InChI=1S/C16H28N2/c1-12-9-13(2)15(14(3)10-12)16(4,5)11-18-8-7-17-6/h9-10,17-18H,7-8,11H2,1-6H3. The summed E-state index contributed by atoms with van der Waals surface area (Å²) in [5, 5.41) is 6.69. The van der Waals surface area contributed by atoms with E-state index in [9.17, 15) is 0 Å². The van der Waals surface area contributed by atoms with Crippen LogP contribution in [0.5, 0.6) is 0 Å². The first-order valence-corrected chi connectivity index (χ1v) is 6.82. The van der Waals surface area contributed by atoms with Crippen LogP contribution in [-0.2, 0) is 5.41 Å². The van der Waals surface area contributed by atoms with Crippen LogP contribution in [-0.4, -0.2) is 26.7 Å². The molecule has 0 aliphatic rings. The molecule has 2 heteroatoms. The van der Waals surface area contributed by atoms with Crippen LogP contribution in [0.15, 0.2) is 12.1 Å². The number of nitrogens with one attached hydrogen (secondary N) is 2. The molecule has 1 rings (SSSR count). The van der Waals surface area contributed by atoms with Gasteiger partial charge in [0.2, 0.25) is 0 Å².